The van der Waals surface area contributed by atoms with E-state index in [0.717, 1.165) is 10.9 Å². The van der Waals surface area contributed by atoms with Gasteiger partial charge in [0, 0.05) is 17.4 Å². The Kier molecular flexibility index (Phi) is 4.31. The maximum absolute atomic E-state index is 10.9. The molecule has 2 aromatic rings. The van der Waals surface area contributed by atoms with Crippen LogP contribution in [0.15, 0.2) is 35.7 Å². The number of hydrogen-bond donors (Lipinski definition) is 1. The van der Waals surface area contributed by atoms with Gasteiger partial charge in [-0.2, -0.15) is 0 Å². The van der Waals surface area contributed by atoms with Crippen LogP contribution in [0.2, 0.25) is 0 Å². The molecule has 1 N–H and O–H groups in total. The van der Waals surface area contributed by atoms with Crippen molar-refractivity contribution in [3.05, 3.63) is 56.3 Å². The quantitative estimate of drug-likeness (QED) is 0.653. The Morgan fingerprint density at radius 3 is 2.80 bits per heavy atom. The first-order chi connectivity index (χ1) is 9.58. The van der Waals surface area contributed by atoms with Crippen molar-refractivity contribution in [1.82, 2.24) is 0 Å². The van der Waals surface area contributed by atoms with Crippen LogP contribution in [0.3, 0.4) is 0 Å². The van der Waals surface area contributed by atoms with E-state index in [0.29, 0.717) is 13.0 Å². The number of benzene rings is 1. The number of nitrogens with zero attached hydrogens (tertiary/aromatic N) is 1. The van der Waals surface area contributed by atoms with Crippen LogP contribution in [0.4, 0.5) is 5.69 Å². The van der Waals surface area contributed by atoms with E-state index in [1.165, 1.54) is 12.1 Å². The highest BCUT2D eigenvalue weighted by molar-refractivity contribution is 7.09. The van der Waals surface area contributed by atoms with Gasteiger partial charge < -0.3 is 9.84 Å². The predicted octanol–water partition coefficient (Wildman–Crippen LogP) is 2.98. The molecule has 0 aliphatic rings. The molecule has 0 atom stereocenters. The molecule has 6 nitrogen and oxygen atoms in total. The van der Waals surface area contributed by atoms with E-state index in [-0.39, 0.29) is 17.0 Å². The molecule has 0 fully saturated rings. The van der Waals surface area contributed by atoms with Gasteiger partial charge in [-0.05, 0) is 23.6 Å². The first kappa shape index (κ1) is 14.0. The highest BCUT2D eigenvalue weighted by Crippen LogP contribution is 2.28. The van der Waals surface area contributed by atoms with Gasteiger partial charge >= 0.3 is 11.7 Å². The SMILES string of the molecule is O=C(O)c1ccc(OCCc2cccs2)c([N+](=O)[O-])c1. The lowest BCUT2D eigenvalue weighted by molar-refractivity contribution is -0.385. The van der Waals surface area contributed by atoms with Crippen molar-refractivity contribution < 1.29 is 19.6 Å². The first-order valence-electron chi connectivity index (χ1n) is 5.75. The van der Waals surface area contributed by atoms with Gasteiger partial charge in [-0.15, -0.1) is 11.3 Å². The summed E-state index contributed by atoms with van der Waals surface area (Å²) < 4.78 is 5.38. The minimum Gasteiger partial charge on any atom is -0.486 e. The second-order valence-electron chi connectivity index (χ2n) is 3.92. The molecule has 0 amide bonds. The Morgan fingerprint density at radius 2 is 2.20 bits per heavy atom. The lowest BCUT2D eigenvalue weighted by atomic mass is 10.2. The molecule has 7 heteroatoms. The average molecular weight is 293 g/mol. The normalized spacial score (nSPS) is 10.2. The Balaban J connectivity index is 2.10. The van der Waals surface area contributed by atoms with Gasteiger partial charge in [0.15, 0.2) is 5.75 Å². The molecule has 1 aromatic heterocycles. The Hall–Kier alpha value is -2.41. The van der Waals surface area contributed by atoms with Crippen LogP contribution >= 0.6 is 11.3 Å². The maximum Gasteiger partial charge on any atom is 0.335 e. The second kappa shape index (κ2) is 6.16. The van der Waals surface area contributed by atoms with Crippen LogP contribution in [-0.4, -0.2) is 22.6 Å². The maximum atomic E-state index is 10.9. The number of nitro benzene ring substituents is 1. The minimum atomic E-state index is -1.21. The smallest absolute Gasteiger partial charge is 0.335 e. The van der Waals surface area contributed by atoms with E-state index in [1.807, 2.05) is 17.5 Å². The zero-order chi connectivity index (χ0) is 14.5. The highest BCUT2D eigenvalue weighted by Gasteiger charge is 2.18. The molecule has 104 valence electrons. The lowest BCUT2D eigenvalue weighted by Gasteiger charge is -2.06. The number of ether oxygens (including phenoxy) is 1. The number of rotatable bonds is 6. The molecular formula is C13H11NO5S. The van der Waals surface area contributed by atoms with E-state index in [4.69, 9.17) is 9.84 Å². The molecule has 20 heavy (non-hydrogen) atoms. The van der Waals surface area contributed by atoms with Crippen molar-refractivity contribution in [1.29, 1.82) is 0 Å². The molecule has 0 bridgehead atoms. The molecule has 0 spiro atoms. The standard InChI is InChI=1S/C13H11NO5S/c15-13(16)9-3-4-12(11(8-9)14(17)18)19-6-5-10-2-1-7-20-10/h1-4,7-8H,5-6H2,(H,15,16). The van der Waals surface area contributed by atoms with Crippen molar-refractivity contribution in [2.24, 2.45) is 0 Å². The zero-order valence-corrected chi connectivity index (χ0v) is 11.1. The van der Waals surface area contributed by atoms with E-state index < -0.39 is 10.9 Å². The van der Waals surface area contributed by atoms with Crippen LogP contribution < -0.4 is 4.74 Å². The number of carboxylic acids is 1. The van der Waals surface area contributed by atoms with Crippen molar-refractivity contribution in [2.75, 3.05) is 6.61 Å². The topological polar surface area (TPSA) is 89.7 Å². The molecule has 0 aliphatic carbocycles. The fourth-order valence-corrected chi connectivity index (χ4v) is 2.32. The van der Waals surface area contributed by atoms with E-state index in [9.17, 15) is 14.9 Å². The number of aromatic carboxylic acids is 1. The van der Waals surface area contributed by atoms with Gasteiger partial charge in [0.25, 0.3) is 0 Å². The monoisotopic (exact) mass is 293 g/mol. The van der Waals surface area contributed by atoms with E-state index in [1.54, 1.807) is 11.3 Å². The van der Waals surface area contributed by atoms with Crippen LogP contribution in [-0.2, 0) is 6.42 Å². The number of carboxylic acid groups (broad SMARTS) is 1. The summed E-state index contributed by atoms with van der Waals surface area (Å²) in [7, 11) is 0. The summed E-state index contributed by atoms with van der Waals surface area (Å²) >= 11 is 1.58. The van der Waals surface area contributed by atoms with Crippen LogP contribution in [0, 0.1) is 10.1 Å². The summed E-state index contributed by atoms with van der Waals surface area (Å²) in [5.41, 5.74) is -0.474. The highest BCUT2D eigenvalue weighted by atomic mass is 32.1. The van der Waals surface area contributed by atoms with Gasteiger partial charge in [-0.25, -0.2) is 4.79 Å². The van der Waals surface area contributed by atoms with Gasteiger partial charge in [-0.1, -0.05) is 6.07 Å². The van der Waals surface area contributed by atoms with Gasteiger partial charge in [0.05, 0.1) is 17.1 Å². The average Bonchev–Trinajstić information content (AvgIpc) is 2.91. The third kappa shape index (κ3) is 3.33. The third-order valence-corrected chi connectivity index (χ3v) is 3.52. The number of carbonyl (C=O) groups is 1. The van der Waals surface area contributed by atoms with E-state index >= 15 is 0 Å². The molecule has 2 rings (SSSR count). The molecule has 1 aromatic carbocycles. The van der Waals surface area contributed by atoms with E-state index in [2.05, 4.69) is 0 Å². The molecule has 0 saturated carbocycles. The molecule has 0 radical (unpaired) electrons. The Labute approximate surface area is 118 Å². The molecular weight excluding hydrogens is 282 g/mol. The van der Waals surface area contributed by atoms with Crippen molar-refractivity contribution >= 4 is 23.0 Å². The Bertz CT molecular complexity index is 624. The fraction of sp³-hybridized carbons (Fsp3) is 0.154. The number of nitro groups is 1. The summed E-state index contributed by atoms with van der Waals surface area (Å²) in [6, 6.07) is 7.48. The largest absolute Gasteiger partial charge is 0.486 e. The fourth-order valence-electron chi connectivity index (χ4n) is 1.63. The molecule has 0 unspecified atom stereocenters. The molecule has 0 saturated heterocycles. The third-order valence-electron chi connectivity index (χ3n) is 2.59. The number of thiophene rings is 1. The van der Waals surface area contributed by atoms with Crippen LogP contribution in [0.1, 0.15) is 15.2 Å². The first-order valence-corrected chi connectivity index (χ1v) is 6.63. The minimum absolute atomic E-state index is 0.0801. The number of hydrogen-bond acceptors (Lipinski definition) is 5. The van der Waals surface area contributed by atoms with Gasteiger partial charge in [0.2, 0.25) is 0 Å². The molecule has 0 aliphatic heterocycles. The van der Waals surface area contributed by atoms with Gasteiger partial charge in [0.1, 0.15) is 0 Å². The van der Waals surface area contributed by atoms with Crippen molar-refractivity contribution in [3.63, 3.8) is 0 Å². The summed E-state index contributed by atoms with van der Waals surface area (Å²) in [6.45, 7) is 0.299. The van der Waals surface area contributed by atoms with Gasteiger partial charge in [-0.3, -0.25) is 10.1 Å². The van der Waals surface area contributed by atoms with Crippen LogP contribution in [0.25, 0.3) is 0 Å². The summed E-state index contributed by atoms with van der Waals surface area (Å²) in [5.74, 6) is -1.13. The van der Waals surface area contributed by atoms with Crippen molar-refractivity contribution in [3.8, 4) is 5.75 Å². The summed E-state index contributed by atoms with van der Waals surface area (Å²) in [4.78, 5) is 22.2. The zero-order valence-electron chi connectivity index (χ0n) is 10.3. The molecule has 1 heterocycles. The lowest BCUT2D eigenvalue weighted by Crippen LogP contribution is -2.04. The van der Waals surface area contributed by atoms with Crippen LogP contribution in [0.5, 0.6) is 5.75 Å². The summed E-state index contributed by atoms with van der Waals surface area (Å²) in [6.07, 6.45) is 0.648. The Morgan fingerprint density at radius 1 is 1.40 bits per heavy atom. The second-order valence-corrected chi connectivity index (χ2v) is 4.95. The van der Waals surface area contributed by atoms with Crippen molar-refractivity contribution in [2.45, 2.75) is 6.42 Å². The summed E-state index contributed by atoms with van der Waals surface area (Å²) in [5, 5.41) is 21.7. The predicted molar refractivity (Wildman–Crippen MR) is 73.6 cm³/mol.